The zero-order valence-corrected chi connectivity index (χ0v) is 21.1. The first-order chi connectivity index (χ1) is 15.7. The Bertz CT molecular complexity index is 1160. The molecule has 1 heterocycles. The zero-order valence-electron chi connectivity index (χ0n) is 19.5. The highest BCUT2D eigenvalue weighted by Crippen LogP contribution is 2.35. The van der Waals surface area contributed by atoms with E-state index < -0.39 is 11.9 Å². The standard InChI is InChI=1S/C25H31ClN4O2S/c1-5-21-18(12-13-30(4)14-15(2)3)22(23(27)31)24(33-21)29-25(32)28-20-11-10-19(26)16-8-6-7-9-17(16)20/h6-11,15H,5,12-14H2,1-4H3,(H2,27,31)(H2,28,29,32). The summed E-state index contributed by atoms with van der Waals surface area (Å²) in [6.07, 6.45) is 1.46. The van der Waals surface area contributed by atoms with Crippen LogP contribution in [0.1, 0.15) is 41.6 Å². The molecule has 0 aliphatic carbocycles. The van der Waals surface area contributed by atoms with Crippen LogP contribution in [0.5, 0.6) is 0 Å². The number of carbonyl (C=O) groups is 2. The van der Waals surface area contributed by atoms with Gasteiger partial charge in [0.25, 0.3) is 5.91 Å². The minimum absolute atomic E-state index is 0.408. The molecule has 176 valence electrons. The number of primary amides is 1. The van der Waals surface area contributed by atoms with Crippen LogP contribution in [0.2, 0.25) is 5.02 Å². The number of nitrogens with one attached hydrogen (secondary N) is 2. The molecule has 0 aliphatic heterocycles. The number of benzene rings is 2. The average Bonchev–Trinajstić information content (AvgIpc) is 3.11. The number of aryl methyl sites for hydroxylation is 1. The number of nitrogens with zero attached hydrogens (tertiary/aromatic N) is 1. The number of thiophene rings is 1. The van der Waals surface area contributed by atoms with Gasteiger partial charge in [0.05, 0.1) is 11.3 Å². The molecule has 0 unspecified atom stereocenters. The van der Waals surface area contributed by atoms with Crippen LogP contribution in [-0.4, -0.2) is 37.0 Å². The predicted octanol–water partition coefficient (Wildman–Crippen LogP) is 5.99. The summed E-state index contributed by atoms with van der Waals surface area (Å²) in [7, 11) is 2.07. The largest absolute Gasteiger partial charge is 0.365 e. The van der Waals surface area contributed by atoms with Gasteiger partial charge in [0.1, 0.15) is 5.00 Å². The van der Waals surface area contributed by atoms with Crippen LogP contribution < -0.4 is 16.4 Å². The molecule has 1 aromatic heterocycles. The molecule has 0 atom stereocenters. The number of urea groups is 1. The van der Waals surface area contributed by atoms with E-state index in [1.54, 1.807) is 12.1 Å². The van der Waals surface area contributed by atoms with Crippen LogP contribution in [0.4, 0.5) is 15.5 Å². The van der Waals surface area contributed by atoms with E-state index in [2.05, 4.69) is 36.4 Å². The molecule has 0 bridgehead atoms. The number of rotatable bonds is 9. The van der Waals surface area contributed by atoms with Gasteiger partial charge in [-0.2, -0.15) is 0 Å². The molecule has 3 amide bonds. The zero-order chi connectivity index (χ0) is 24.1. The van der Waals surface area contributed by atoms with E-state index in [4.69, 9.17) is 17.3 Å². The first-order valence-corrected chi connectivity index (χ1v) is 12.3. The number of amides is 3. The molecule has 3 rings (SSSR count). The van der Waals surface area contributed by atoms with Gasteiger partial charge >= 0.3 is 6.03 Å². The van der Waals surface area contributed by atoms with Crippen LogP contribution in [0.25, 0.3) is 10.8 Å². The van der Waals surface area contributed by atoms with Crippen molar-refractivity contribution in [1.82, 2.24) is 4.90 Å². The molecular weight excluding hydrogens is 456 g/mol. The van der Waals surface area contributed by atoms with Gasteiger partial charge in [-0.25, -0.2) is 4.79 Å². The van der Waals surface area contributed by atoms with Crippen LogP contribution in [-0.2, 0) is 12.8 Å². The van der Waals surface area contributed by atoms with Crippen molar-refractivity contribution in [2.45, 2.75) is 33.6 Å². The quantitative estimate of drug-likeness (QED) is 0.347. The second-order valence-corrected chi connectivity index (χ2v) is 10.1. The molecule has 0 saturated heterocycles. The van der Waals surface area contributed by atoms with Gasteiger partial charge in [-0.05, 0) is 43.5 Å². The number of likely N-dealkylation sites (N-methyl/N-ethyl adjacent to an activating group) is 1. The van der Waals surface area contributed by atoms with E-state index >= 15 is 0 Å². The summed E-state index contributed by atoms with van der Waals surface area (Å²) >= 11 is 7.70. The number of carbonyl (C=O) groups excluding carboxylic acids is 2. The monoisotopic (exact) mass is 486 g/mol. The van der Waals surface area contributed by atoms with E-state index in [1.807, 2.05) is 31.2 Å². The Hall–Kier alpha value is -2.61. The third-order valence-electron chi connectivity index (χ3n) is 5.42. The van der Waals surface area contributed by atoms with Gasteiger partial charge in [0.2, 0.25) is 0 Å². The topological polar surface area (TPSA) is 87.5 Å². The highest BCUT2D eigenvalue weighted by atomic mass is 35.5. The predicted molar refractivity (Wildman–Crippen MR) is 140 cm³/mol. The third-order valence-corrected chi connectivity index (χ3v) is 7.05. The first kappa shape index (κ1) is 25.0. The summed E-state index contributed by atoms with van der Waals surface area (Å²) in [5, 5.41) is 8.53. The Morgan fingerprint density at radius 1 is 1.12 bits per heavy atom. The summed E-state index contributed by atoms with van der Waals surface area (Å²) in [6.45, 7) is 8.18. The maximum absolute atomic E-state index is 12.9. The van der Waals surface area contributed by atoms with E-state index in [0.717, 1.165) is 40.7 Å². The van der Waals surface area contributed by atoms with Crippen molar-refractivity contribution in [2.75, 3.05) is 30.8 Å². The van der Waals surface area contributed by atoms with Gasteiger partial charge in [0, 0.05) is 33.8 Å². The van der Waals surface area contributed by atoms with Crippen molar-refractivity contribution in [3.8, 4) is 0 Å². The highest BCUT2D eigenvalue weighted by molar-refractivity contribution is 7.17. The third kappa shape index (κ3) is 6.05. The minimum Gasteiger partial charge on any atom is -0.365 e. The first-order valence-electron chi connectivity index (χ1n) is 11.1. The van der Waals surface area contributed by atoms with Crippen LogP contribution in [0.3, 0.4) is 0 Å². The van der Waals surface area contributed by atoms with E-state index in [1.165, 1.54) is 11.3 Å². The van der Waals surface area contributed by atoms with Crippen LogP contribution >= 0.6 is 22.9 Å². The number of hydrogen-bond acceptors (Lipinski definition) is 4. The average molecular weight is 487 g/mol. The van der Waals surface area contributed by atoms with Crippen molar-refractivity contribution < 1.29 is 9.59 Å². The molecule has 6 nitrogen and oxygen atoms in total. The SMILES string of the molecule is CCc1sc(NC(=O)Nc2ccc(Cl)c3ccccc23)c(C(N)=O)c1CCN(C)CC(C)C. The minimum atomic E-state index is -0.528. The maximum atomic E-state index is 12.9. The molecule has 0 aliphatic rings. The lowest BCUT2D eigenvalue weighted by Gasteiger charge is -2.19. The Balaban J connectivity index is 1.83. The van der Waals surface area contributed by atoms with E-state index in [9.17, 15) is 9.59 Å². The number of halogens is 1. The molecule has 2 aromatic carbocycles. The van der Waals surface area contributed by atoms with Crippen LogP contribution in [0, 0.1) is 5.92 Å². The lowest BCUT2D eigenvalue weighted by Crippen LogP contribution is -2.26. The number of hydrogen-bond donors (Lipinski definition) is 3. The van der Waals surface area contributed by atoms with Gasteiger partial charge in [-0.1, -0.05) is 56.6 Å². The fourth-order valence-electron chi connectivity index (χ4n) is 4.06. The molecule has 4 N–H and O–H groups in total. The summed E-state index contributed by atoms with van der Waals surface area (Å²) < 4.78 is 0. The Kier molecular flexibility index (Phi) is 8.35. The van der Waals surface area contributed by atoms with Crippen molar-refractivity contribution >= 4 is 56.3 Å². The van der Waals surface area contributed by atoms with Crippen molar-refractivity contribution in [1.29, 1.82) is 0 Å². The molecule has 0 fully saturated rings. The van der Waals surface area contributed by atoms with Gasteiger partial charge < -0.3 is 16.0 Å². The van der Waals surface area contributed by atoms with Crippen molar-refractivity contribution in [3.63, 3.8) is 0 Å². The van der Waals surface area contributed by atoms with Gasteiger partial charge in [-0.3, -0.25) is 10.1 Å². The molecule has 33 heavy (non-hydrogen) atoms. The Morgan fingerprint density at radius 3 is 2.45 bits per heavy atom. The summed E-state index contributed by atoms with van der Waals surface area (Å²) in [5.41, 5.74) is 7.73. The summed E-state index contributed by atoms with van der Waals surface area (Å²) in [6, 6.07) is 10.7. The van der Waals surface area contributed by atoms with Crippen LogP contribution in [0.15, 0.2) is 36.4 Å². The smallest absolute Gasteiger partial charge is 0.324 e. The molecule has 0 radical (unpaired) electrons. The molecule has 0 spiro atoms. The lowest BCUT2D eigenvalue weighted by atomic mass is 10.0. The molecule has 3 aromatic rings. The second kappa shape index (κ2) is 11.0. The summed E-state index contributed by atoms with van der Waals surface area (Å²) in [5.74, 6) is 0.0308. The Morgan fingerprint density at radius 2 is 1.82 bits per heavy atom. The molecule has 0 saturated carbocycles. The summed E-state index contributed by atoms with van der Waals surface area (Å²) in [4.78, 5) is 28.6. The Labute approximate surface area is 204 Å². The van der Waals surface area contributed by atoms with Gasteiger partial charge in [-0.15, -0.1) is 11.3 Å². The van der Waals surface area contributed by atoms with Crippen molar-refractivity contribution in [3.05, 3.63) is 57.4 Å². The second-order valence-electron chi connectivity index (χ2n) is 8.55. The number of nitrogens with two attached hydrogens (primary N) is 1. The maximum Gasteiger partial charge on any atom is 0.324 e. The molecular formula is C25H31ClN4O2S. The van der Waals surface area contributed by atoms with E-state index in [0.29, 0.717) is 33.6 Å². The van der Waals surface area contributed by atoms with E-state index in [-0.39, 0.29) is 0 Å². The molecule has 8 heteroatoms. The number of anilines is 2. The number of fused-ring (bicyclic) bond motifs is 1. The lowest BCUT2D eigenvalue weighted by molar-refractivity contribution is 0.100. The van der Waals surface area contributed by atoms with Gasteiger partial charge in [0.15, 0.2) is 0 Å². The highest BCUT2D eigenvalue weighted by Gasteiger charge is 2.23. The fraction of sp³-hybridized carbons (Fsp3) is 0.360. The fourth-order valence-corrected chi connectivity index (χ4v) is 5.47. The normalized spacial score (nSPS) is 11.4. The van der Waals surface area contributed by atoms with Crippen molar-refractivity contribution in [2.24, 2.45) is 11.7 Å².